The highest BCUT2D eigenvalue weighted by Gasteiger charge is 2.36. The van der Waals surface area contributed by atoms with E-state index in [0.29, 0.717) is 73.2 Å². The van der Waals surface area contributed by atoms with Crippen LogP contribution < -0.4 is 5.32 Å². The van der Waals surface area contributed by atoms with Crippen molar-refractivity contribution in [2.45, 2.75) is 214 Å². The topological polar surface area (TPSA) is 142 Å². The number of carbonyl (C=O) groups is 6. The highest BCUT2D eigenvalue weighted by Crippen LogP contribution is 2.42. The molecule has 76 heavy (non-hydrogen) atoms. The molecule has 0 bridgehead atoms. The summed E-state index contributed by atoms with van der Waals surface area (Å²) in [7, 11) is 0. The Balaban J connectivity index is 0.000000444. The fraction of sp³-hybridized carbons (Fsp3) is 0.738. The van der Waals surface area contributed by atoms with Crippen LogP contribution in [0.15, 0.2) is 55.6 Å². The van der Waals surface area contributed by atoms with Gasteiger partial charge in [0.25, 0.3) is 0 Å². The summed E-state index contributed by atoms with van der Waals surface area (Å²) in [5, 5.41) is 15.3. The molecule has 3 unspecified atom stereocenters. The monoisotopic (exact) mass is 1150 g/mol. The van der Waals surface area contributed by atoms with E-state index in [1.54, 1.807) is 23.5 Å². The lowest BCUT2D eigenvalue weighted by molar-refractivity contribution is -0.167. The normalized spacial score (nSPS) is 22.9. The van der Waals surface area contributed by atoms with Crippen molar-refractivity contribution in [2.75, 3.05) is 12.4 Å². The molecule has 7 aliphatic heterocycles. The van der Waals surface area contributed by atoms with Crippen molar-refractivity contribution >= 4 is 94.5 Å². The number of nitrogens with one attached hydrogen (secondary N) is 1. The van der Waals surface area contributed by atoms with E-state index < -0.39 is 0 Å². The number of rotatable bonds is 0. The predicted molar refractivity (Wildman–Crippen MR) is 328 cm³/mol. The van der Waals surface area contributed by atoms with Crippen LogP contribution in [-0.2, 0) is 43.0 Å². The number of piperidine rings is 1. The first-order chi connectivity index (χ1) is 34.6. The van der Waals surface area contributed by atoms with Crippen LogP contribution in [0.5, 0.6) is 0 Å². The third kappa shape index (κ3) is 30.9. The molecule has 3 atom stereocenters. The summed E-state index contributed by atoms with van der Waals surface area (Å²) in [6, 6.07) is 0. The van der Waals surface area contributed by atoms with E-state index >= 15 is 0 Å². The molecule has 0 aliphatic carbocycles. The maximum atomic E-state index is 11.0. The van der Waals surface area contributed by atoms with Crippen molar-refractivity contribution in [1.29, 1.82) is 0 Å². The molecule has 7 heterocycles. The molecule has 1 N–H and O–H groups in total. The highest BCUT2D eigenvalue weighted by atomic mass is 32.2. The molecule has 434 valence electrons. The van der Waals surface area contributed by atoms with Crippen molar-refractivity contribution < 1.29 is 43.0 Å². The van der Waals surface area contributed by atoms with E-state index in [4.69, 9.17) is 9.47 Å². The van der Waals surface area contributed by atoms with Crippen LogP contribution in [0.4, 0.5) is 0 Å². The van der Waals surface area contributed by atoms with E-state index in [-0.39, 0.29) is 75.3 Å². The summed E-state index contributed by atoms with van der Waals surface area (Å²) in [4.78, 5) is 66.8. The first-order valence-corrected chi connectivity index (χ1v) is 31.9. The van der Waals surface area contributed by atoms with Crippen LogP contribution >= 0.6 is 58.8 Å². The Morgan fingerprint density at radius 3 is 1.37 bits per heavy atom. The first kappa shape index (κ1) is 71.7. The molecule has 4 fully saturated rings. The van der Waals surface area contributed by atoms with Crippen LogP contribution in [0.3, 0.4) is 0 Å². The van der Waals surface area contributed by atoms with Gasteiger partial charge in [-0.1, -0.05) is 164 Å². The minimum Gasteiger partial charge on any atom is -0.465 e. The van der Waals surface area contributed by atoms with Crippen molar-refractivity contribution in [3.05, 3.63) is 55.6 Å². The molecule has 0 aromatic rings. The number of allylic oxidation sites excluding steroid dienone is 3. The Hall–Kier alpha value is -2.33. The molecule has 4 saturated heterocycles. The lowest BCUT2D eigenvalue weighted by Crippen LogP contribution is -2.42. The molecular formula is C61H101NO9S5. The van der Waals surface area contributed by atoms with Crippen LogP contribution in [0.25, 0.3) is 0 Å². The summed E-state index contributed by atoms with van der Waals surface area (Å²) in [5.74, 6) is 1.57. The van der Waals surface area contributed by atoms with E-state index in [9.17, 15) is 28.8 Å². The molecule has 0 aromatic heterocycles. The molecule has 10 nitrogen and oxygen atoms in total. The second kappa shape index (κ2) is 32.2. The van der Waals surface area contributed by atoms with Crippen molar-refractivity contribution in [1.82, 2.24) is 5.32 Å². The van der Waals surface area contributed by atoms with Gasteiger partial charge in [-0.15, -0.1) is 58.8 Å². The Morgan fingerprint density at radius 2 is 1.04 bits per heavy atom. The Bertz CT molecular complexity index is 1920. The largest absolute Gasteiger partial charge is 0.465 e. The third-order valence-electron chi connectivity index (χ3n) is 13.4. The van der Waals surface area contributed by atoms with Gasteiger partial charge in [0.1, 0.15) is 6.10 Å². The van der Waals surface area contributed by atoms with Gasteiger partial charge in [-0.25, -0.2) is 0 Å². The standard InChI is InChI=1S/C9H15NO2.C9H14O3.2C9H16O2.C9H14S.C8H12S2.C8H14S2/c1-9(2,3)6-4-7(11)10-8(12)5-6;1-9(2,3)6-4-7(10)12-8(11)5-6;1-9(2,3)7-4-5-8(10)11-6-7;1-9(2,3)7-5-4-6-8(10)11-7;1-9(2,3)8-4-6-10-7-5-8;1-8(2,3)7-6-9-4-5-10-7;1-8(2,3)7-9-5-4-6-10-7/h6H,4-5H2,1-3H3,(H,10,11,12);6H,4-5H2,1-3H3;2*7H,4-6H2,1-3H3;4-8H,1-3H3;4-6H,1-3H3;4-5,7H,6H2,1-3H3. The van der Waals surface area contributed by atoms with Gasteiger partial charge in [-0.2, -0.15) is 0 Å². The Labute approximate surface area is 483 Å². The summed E-state index contributed by atoms with van der Waals surface area (Å²) < 4.78 is 15.4. The zero-order valence-electron chi connectivity index (χ0n) is 50.7. The average molecular weight is 1150 g/mol. The van der Waals surface area contributed by atoms with Crippen LogP contribution in [-0.4, -0.2) is 58.7 Å². The molecule has 7 aliphatic rings. The van der Waals surface area contributed by atoms with Gasteiger partial charge in [-0.05, 0) is 107 Å². The number of hydrogen-bond donors (Lipinski definition) is 1. The number of esters is 4. The van der Waals surface area contributed by atoms with Gasteiger partial charge in [0.05, 0.1) is 11.2 Å². The molecule has 2 amide bonds. The maximum Gasteiger partial charge on any atom is 0.313 e. The molecule has 0 radical (unpaired) electrons. The number of thioether (sulfide) groups is 5. The lowest BCUT2D eigenvalue weighted by atomic mass is 9.75. The molecule has 0 spiro atoms. The number of carbonyl (C=O) groups excluding carboxylic acids is 6. The smallest absolute Gasteiger partial charge is 0.313 e. The van der Waals surface area contributed by atoms with Gasteiger partial charge in [-0.3, -0.25) is 34.1 Å². The lowest BCUT2D eigenvalue weighted by Gasteiger charge is -2.32. The summed E-state index contributed by atoms with van der Waals surface area (Å²) in [6.07, 6.45) is 12.8. The number of amides is 2. The third-order valence-corrected chi connectivity index (χ3v) is 19.7. The van der Waals surface area contributed by atoms with E-state index in [1.165, 1.54) is 10.7 Å². The second-order valence-corrected chi connectivity index (χ2v) is 32.8. The van der Waals surface area contributed by atoms with Crippen molar-refractivity contribution in [2.24, 2.45) is 61.6 Å². The fourth-order valence-electron chi connectivity index (χ4n) is 7.69. The molecular weight excluding hydrogens is 1050 g/mol. The SMILES string of the molecule is CC(C)(C)C1=CSC=CS1.CC(C)(C)C1C=CSC=C1.CC(C)(C)C1CC(=O)NC(=O)C1.CC(C)(C)C1CC(=O)OC(=O)C1.CC(C)(C)C1CCC(=O)OC1.CC(C)(C)C1CCCC(=O)O1.CC(C)(C)C1SC=CCS1. The number of ether oxygens (including phenoxy) is 3. The molecule has 0 aromatic carbocycles. The summed E-state index contributed by atoms with van der Waals surface area (Å²) in [6.45, 7) is 46.2. The Morgan fingerprint density at radius 1 is 0.513 bits per heavy atom. The molecule has 15 heteroatoms. The predicted octanol–water partition coefficient (Wildman–Crippen LogP) is 17.3. The number of cyclic esters (lactones) is 4. The summed E-state index contributed by atoms with van der Waals surface area (Å²) in [5.41, 5.74) is 1.59. The zero-order valence-corrected chi connectivity index (χ0v) is 54.7. The van der Waals surface area contributed by atoms with Gasteiger partial charge < -0.3 is 14.2 Å². The zero-order chi connectivity index (χ0) is 58.5. The van der Waals surface area contributed by atoms with Gasteiger partial charge in [0.15, 0.2) is 0 Å². The van der Waals surface area contributed by atoms with Crippen LogP contribution in [0, 0.1) is 61.6 Å². The van der Waals surface area contributed by atoms with Crippen molar-refractivity contribution in [3.8, 4) is 0 Å². The average Bonchev–Trinajstić information content (AvgIpc) is 3.29. The molecule has 0 saturated carbocycles. The minimum atomic E-state index is -0.383. The number of hydrogen-bond acceptors (Lipinski definition) is 14. The van der Waals surface area contributed by atoms with E-state index in [0.717, 1.165) is 23.8 Å². The highest BCUT2D eigenvalue weighted by molar-refractivity contribution is 8.19. The summed E-state index contributed by atoms with van der Waals surface area (Å²) >= 11 is 9.35. The van der Waals surface area contributed by atoms with Crippen LogP contribution in [0.1, 0.15) is 203 Å². The van der Waals surface area contributed by atoms with Crippen LogP contribution in [0.2, 0.25) is 0 Å². The molecule has 7 rings (SSSR count). The van der Waals surface area contributed by atoms with E-state index in [2.05, 4.69) is 185 Å². The van der Waals surface area contributed by atoms with Gasteiger partial charge >= 0.3 is 23.9 Å². The van der Waals surface area contributed by atoms with Gasteiger partial charge in [0.2, 0.25) is 11.8 Å². The quantitative estimate of drug-likeness (QED) is 0.106. The minimum absolute atomic E-state index is 0.00903. The Kier molecular flexibility index (Phi) is 30.4. The second-order valence-electron chi connectivity index (χ2n) is 27.8. The number of imide groups is 1. The fourth-order valence-corrected chi connectivity index (χ4v) is 12.7. The first-order valence-electron chi connectivity index (χ1n) is 27.1. The maximum absolute atomic E-state index is 11.0. The van der Waals surface area contributed by atoms with E-state index in [1.807, 2.05) is 56.1 Å². The van der Waals surface area contributed by atoms with Gasteiger partial charge in [0, 0.05) is 55.1 Å². The van der Waals surface area contributed by atoms with Crippen molar-refractivity contribution in [3.63, 3.8) is 0 Å².